The number of aliphatic hydroxyl groups is 2. The molecule has 0 aromatic carbocycles. The second-order valence-electron chi connectivity index (χ2n) is 3.82. The lowest BCUT2D eigenvalue weighted by atomic mass is 10.2. The number of hydrogen-bond acceptors (Lipinski definition) is 6. The molecule has 0 amide bonds. The fraction of sp³-hybridized carbons (Fsp3) is 0.556. The lowest BCUT2D eigenvalue weighted by molar-refractivity contribution is -0.0467. The van der Waals surface area contributed by atoms with Gasteiger partial charge in [0.2, 0.25) is 0 Å². The van der Waals surface area contributed by atoms with Crippen molar-refractivity contribution in [3.63, 3.8) is 0 Å². The fourth-order valence-corrected chi connectivity index (χ4v) is 3.34. The zero-order valence-electron chi connectivity index (χ0n) is 8.28. The minimum absolute atomic E-state index is 0.147. The predicted octanol–water partition coefficient (Wildman–Crippen LogP) is -0.913. The Balaban J connectivity index is 1.99. The molecule has 1 fully saturated rings. The van der Waals surface area contributed by atoms with Crippen LogP contribution in [0.4, 0.5) is 0 Å². The molecule has 0 spiro atoms. The highest BCUT2D eigenvalue weighted by Gasteiger charge is 2.49. The first-order valence-corrected chi connectivity index (χ1v) is 5.83. The summed E-state index contributed by atoms with van der Waals surface area (Å²) in [4.78, 5) is 4.06. The molecule has 1 saturated heterocycles. The van der Waals surface area contributed by atoms with Crippen LogP contribution in [0.5, 0.6) is 0 Å². The Hall–Kier alpha value is -0.890. The van der Waals surface area contributed by atoms with E-state index in [1.807, 2.05) is 0 Å². The van der Waals surface area contributed by atoms with Crippen LogP contribution in [0.1, 0.15) is 6.23 Å². The third-order valence-electron chi connectivity index (χ3n) is 2.84. The fourth-order valence-electron chi connectivity index (χ4n) is 2.04. The minimum atomic E-state index is -0.698. The lowest BCUT2D eigenvalue weighted by Gasteiger charge is -2.14. The third-order valence-corrected chi connectivity index (χ3v) is 4.14. The van der Waals surface area contributed by atoms with Gasteiger partial charge in [0.15, 0.2) is 11.4 Å². The summed E-state index contributed by atoms with van der Waals surface area (Å²) < 4.78 is 7.35. The van der Waals surface area contributed by atoms with Crippen molar-refractivity contribution in [3.05, 3.63) is 17.8 Å². The van der Waals surface area contributed by atoms with Gasteiger partial charge < -0.3 is 14.9 Å². The van der Waals surface area contributed by atoms with Crippen molar-refractivity contribution in [1.82, 2.24) is 9.55 Å². The van der Waals surface area contributed by atoms with E-state index in [4.69, 9.17) is 15.3 Å². The molecule has 7 heteroatoms. The van der Waals surface area contributed by atoms with Crippen LogP contribution in [0.2, 0.25) is 0 Å². The molecule has 0 saturated carbocycles. The molecule has 3 N–H and O–H groups in total. The molecule has 0 bridgehead atoms. The van der Waals surface area contributed by atoms with Gasteiger partial charge in [-0.3, -0.25) is 9.98 Å². The largest absolute Gasteiger partial charge is 0.394 e. The van der Waals surface area contributed by atoms with E-state index in [0.717, 1.165) is 0 Å². The average Bonchev–Trinajstić information content (AvgIpc) is 2.75. The number of aromatic nitrogens is 2. The number of aliphatic hydroxyl groups excluding tert-OH is 2. The van der Waals surface area contributed by atoms with Gasteiger partial charge >= 0.3 is 0 Å². The Bertz CT molecular complexity index is 477. The van der Waals surface area contributed by atoms with E-state index in [2.05, 4.69) is 4.98 Å². The highest BCUT2D eigenvalue weighted by Crippen LogP contribution is 2.46. The quantitative estimate of drug-likeness (QED) is 0.554. The van der Waals surface area contributed by atoms with Crippen LogP contribution in [-0.4, -0.2) is 43.8 Å². The van der Waals surface area contributed by atoms with Crippen LogP contribution in [0.25, 0.3) is 0 Å². The Morgan fingerprint density at radius 2 is 2.44 bits per heavy atom. The minimum Gasteiger partial charge on any atom is -0.394 e. The van der Waals surface area contributed by atoms with Gasteiger partial charge in [-0.2, -0.15) is 0 Å². The number of fused-ring (bicyclic) bond motifs is 3. The van der Waals surface area contributed by atoms with Crippen LogP contribution < -0.4 is 5.49 Å². The van der Waals surface area contributed by atoms with E-state index in [9.17, 15) is 5.11 Å². The maximum absolute atomic E-state index is 9.91. The van der Waals surface area contributed by atoms with E-state index in [-0.39, 0.29) is 23.6 Å². The standard InChI is InChI=1S/C9H11N3O3S/c10-5-1-2-12-8-7(16-9(12)11-5)6(14)4(3-13)15-8/h1-2,4,6-8,10,13-14H,3H2/t4-,6-,7+,8-/m1/s1. The SMILES string of the molecule is N=c1ccn2c(n1)S[C@H]1[C@H](O)[C@@H](CO)O[C@H]12. The van der Waals surface area contributed by atoms with Gasteiger partial charge in [0.25, 0.3) is 0 Å². The van der Waals surface area contributed by atoms with E-state index >= 15 is 0 Å². The number of thioether (sulfide) groups is 1. The second kappa shape index (κ2) is 3.56. The van der Waals surface area contributed by atoms with Crippen molar-refractivity contribution < 1.29 is 14.9 Å². The summed E-state index contributed by atoms with van der Waals surface area (Å²) >= 11 is 1.39. The number of nitrogens with zero attached hydrogens (tertiary/aromatic N) is 2. The van der Waals surface area contributed by atoms with Crippen LogP contribution in [0.3, 0.4) is 0 Å². The van der Waals surface area contributed by atoms with Crippen molar-refractivity contribution >= 4 is 11.8 Å². The smallest absolute Gasteiger partial charge is 0.172 e. The van der Waals surface area contributed by atoms with Gasteiger partial charge in [-0.25, -0.2) is 4.98 Å². The molecule has 0 radical (unpaired) electrons. The number of rotatable bonds is 1. The first-order valence-electron chi connectivity index (χ1n) is 4.95. The Kier molecular flexibility index (Phi) is 2.28. The predicted molar refractivity (Wildman–Crippen MR) is 54.7 cm³/mol. The molecule has 0 unspecified atom stereocenters. The lowest BCUT2D eigenvalue weighted by Crippen LogP contribution is -2.30. The van der Waals surface area contributed by atoms with Crippen molar-refractivity contribution in [2.75, 3.05) is 6.61 Å². The summed E-state index contributed by atoms with van der Waals surface area (Å²) in [5, 5.41) is 26.9. The Labute approximate surface area is 95.4 Å². The molecule has 2 aliphatic heterocycles. The van der Waals surface area contributed by atoms with E-state index in [1.165, 1.54) is 11.8 Å². The highest BCUT2D eigenvalue weighted by atomic mass is 32.2. The molecule has 2 aliphatic rings. The zero-order chi connectivity index (χ0) is 11.3. The summed E-state index contributed by atoms with van der Waals surface area (Å²) in [7, 11) is 0. The monoisotopic (exact) mass is 241 g/mol. The molecule has 1 aromatic rings. The van der Waals surface area contributed by atoms with Crippen molar-refractivity contribution in [1.29, 1.82) is 5.41 Å². The van der Waals surface area contributed by atoms with Crippen LogP contribution >= 0.6 is 11.8 Å². The Morgan fingerprint density at radius 3 is 3.19 bits per heavy atom. The Morgan fingerprint density at radius 1 is 1.62 bits per heavy atom. The van der Waals surface area contributed by atoms with Gasteiger partial charge in [-0.1, -0.05) is 11.8 Å². The number of ether oxygens (including phenoxy) is 1. The van der Waals surface area contributed by atoms with Gasteiger partial charge in [0.05, 0.1) is 18.0 Å². The number of nitrogens with one attached hydrogen (secondary N) is 1. The molecule has 1 aromatic heterocycles. The normalized spacial score (nSPS) is 36.1. The second-order valence-corrected chi connectivity index (χ2v) is 4.97. The van der Waals surface area contributed by atoms with Crippen molar-refractivity contribution in [2.45, 2.75) is 28.8 Å². The van der Waals surface area contributed by atoms with E-state index in [1.54, 1.807) is 16.8 Å². The van der Waals surface area contributed by atoms with E-state index < -0.39 is 12.2 Å². The summed E-state index contributed by atoms with van der Waals surface area (Å²) in [6.07, 6.45) is 0.212. The van der Waals surface area contributed by atoms with E-state index in [0.29, 0.717) is 5.16 Å². The van der Waals surface area contributed by atoms with Gasteiger partial charge in [-0.15, -0.1) is 0 Å². The summed E-state index contributed by atoms with van der Waals surface area (Å²) in [6.45, 7) is -0.186. The van der Waals surface area contributed by atoms with Gasteiger partial charge in [0, 0.05) is 6.20 Å². The summed E-state index contributed by atoms with van der Waals surface area (Å²) in [5.41, 5.74) is 0.201. The van der Waals surface area contributed by atoms with Crippen LogP contribution in [-0.2, 0) is 4.74 Å². The van der Waals surface area contributed by atoms with Crippen molar-refractivity contribution in [3.8, 4) is 0 Å². The molecule has 3 rings (SSSR count). The maximum atomic E-state index is 9.91. The third kappa shape index (κ3) is 1.32. The van der Waals surface area contributed by atoms with Crippen molar-refractivity contribution in [2.24, 2.45) is 0 Å². The topological polar surface area (TPSA) is 91.4 Å². The first kappa shape index (κ1) is 10.3. The summed E-state index contributed by atoms with van der Waals surface area (Å²) in [5.74, 6) is 0. The average molecular weight is 241 g/mol. The molecule has 86 valence electrons. The molecular weight excluding hydrogens is 230 g/mol. The summed E-state index contributed by atoms with van der Waals surface area (Å²) in [6, 6.07) is 1.58. The van der Waals surface area contributed by atoms with Gasteiger partial charge in [0.1, 0.15) is 11.6 Å². The maximum Gasteiger partial charge on any atom is 0.172 e. The molecule has 4 atom stereocenters. The molecule has 6 nitrogen and oxygen atoms in total. The van der Waals surface area contributed by atoms with Gasteiger partial charge in [-0.05, 0) is 6.07 Å². The highest BCUT2D eigenvalue weighted by molar-refractivity contribution is 8.00. The molecule has 16 heavy (non-hydrogen) atoms. The molecule has 0 aliphatic carbocycles. The first-order chi connectivity index (χ1) is 7.70. The molecular formula is C9H11N3O3S. The molecule has 3 heterocycles. The van der Waals surface area contributed by atoms with Crippen LogP contribution in [0.15, 0.2) is 17.4 Å². The number of hydrogen-bond donors (Lipinski definition) is 3. The van der Waals surface area contributed by atoms with Crippen LogP contribution in [0, 0.1) is 5.41 Å². The zero-order valence-corrected chi connectivity index (χ0v) is 9.09.